The molecule has 0 aliphatic carbocycles. The number of halogens is 1. The molecule has 0 spiro atoms. The van der Waals surface area contributed by atoms with Crippen molar-refractivity contribution >= 4 is 36.0 Å². The second-order valence-electron chi connectivity index (χ2n) is 8.06. The molecular formula is C23H35IN6O2. The molecule has 0 aromatic carbocycles. The number of hydrogen-bond donors (Lipinski definition) is 2. The molecule has 0 saturated heterocycles. The maximum Gasteiger partial charge on any atom is 0.410 e. The van der Waals surface area contributed by atoms with Gasteiger partial charge in [-0.05, 0) is 57.9 Å². The first-order chi connectivity index (χ1) is 14.9. The highest BCUT2D eigenvalue weighted by atomic mass is 127. The molecule has 0 aliphatic rings. The van der Waals surface area contributed by atoms with E-state index < -0.39 is 5.60 Å². The fourth-order valence-corrected chi connectivity index (χ4v) is 2.74. The zero-order chi connectivity index (χ0) is 22.5. The van der Waals surface area contributed by atoms with Gasteiger partial charge in [-0.1, -0.05) is 12.1 Å². The second kappa shape index (κ2) is 14.6. The summed E-state index contributed by atoms with van der Waals surface area (Å²) in [5, 5.41) is 6.55. The topological polar surface area (TPSA) is 91.7 Å². The maximum absolute atomic E-state index is 12.7. The lowest BCUT2D eigenvalue weighted by atomic mass is 10.2. The lowest BCUT2D eigenvalue weighted by molar-refractivity contribution is 0.0232. The minimum Gasteiger partial charge on any atom is -0.444 e. The third kappa shape index (κ3) is 11.3. The Hall–Kier alpha value is -2.43. The van der Waals surface area contributed by atoms with Gasteiger partial charge >= 0.3 is 6.09 Å². The molecule has 0 fully saturated rings. The Bertz CT molecular complexity index is 812. The number of nitrogens with zero attached hydrogens (tertiary/aromatic N) is 4. The SMILES string of the molecule is CCNC(=NCc1ccccn1)NCCCN(Cc1cccnc1)C(=O)OC(C)(C)C.I. The molecule has 0 aliphatic heterocycles. The molecule has 1 amide bonds. The number of carbonyl (C=O) groups excluding carboxylic acids is 1. The lowest BCUT2D eigenvalue weighted by Gasteiger charge is -2.27. The Morgan fingerprint density at radius 3 is 2.59 bits per heavy atom. The standard InChI is InChI=1S/C23H34N6O2.HI/c1-5-25-21(28-17-20-11-6-7-13-26-20)27-14-9-15-29(22(30)31-23(2,3)4)18-19-10-8-12-24-16-19;/h6-8,10-13,16H,5,9,14-15,17-18H2,1-4H3,(H2,25,27,28);1H. The Labute approximate surface area is 208 Å². The van der Waals surface area contributed by atoms with Gasteiger partial charge in [0.1, 0.15) is 5.60 Å². The zero-order valence-corrected chi connectivity index (χ0v) is 21.7. The van der Waals surface area contributed by atoms with E-state index in [-0.39, 0.29) is 30.1 Å². The van der Waals surface area contributed by atoms with E-state index in [1.54, 1.807) is 23.5 Å². The van der Waals surface area contributed by atoms with Crippen LogP contribution in [0.2, 0.25) is 0 Å². The number of carbonyl (C=O) groups is 1. The number of aromatic nitrogens is 2. The van der Waals surface area contributed by atoms with E-state index in [2.05, 4.69) is 25.6 Å². The largest absolute Gasteiger partial charge is 0.444 e. The summed E-state index contributed by atoms with van der Waals surface area (Å²) in [7, 11) is 0. The van der Waals surface area contributed by atoms with E-state index in [4.69, 9.17) is 4.74 Å². The number of ether oxygens (including phenoxy) is 1. The van der Waals surface area contributed by atoms with E-state index in [9.17, 15) is 4.79 Å². The minimum atomic E-state index is -0.543. The van der Waals surface area contributed by atoms with Gasteiger partial charge in [-0.3, -0.25) is 9.97 Å². The van der Waals surface area contributed by atoms with Gasteiger partial charge in [-0.2, -0.15) is 0 Å². The maximum atomic E-state index is 12.7. The summed E-state index contributed by atoms with van der Waals surface area (Å²) in [4.78, 5) is 27.4. The van der Waals surface area contributed by atoms with Gasteiger partial charge in [-0.15, -0.1) is 24.0 Å². The molecule has 0 unspecified atom stereocenters. The van der Waals surface area contributed by atoms with Crippen LogP contribution in [-0.4, -0.2) is 52.2 Å². The predicted molar refractivity (Wildman–Crippen MR) is 138 cm³/mol. The first-order valence-electron chi connectivity index (χ1n) is 10.7. The number of hydrogen-bond acceptors (Lipinski definition) is 5. The van der Waals surface area contributed by atoms with Gasteiger partial charge < -0.3 is 20.3 Å². The molecule has 176 valence electrons. The molecule has 2 N–H and O–H groups in total. The molecule has 8 nitrogen and oxygen atoms in total. The first-order valence-corrected chi connectivity index (χ1v) is 10.7. The van der Waals surface area contributed by atoms with Crippen molar-refractivity contribution in [3.05, 3.63) is 60.2 Å². The van der Waals surface area contributed by atoms with Crippen LogP contribution in [0.5, 0.6) is 0 Å². The van der Waals surface area contributed by atoms with Crippen LogP contribution < -0.4 is 10.6 Å². The lowest BCUT2D eigenvalue weighted by Crippen LogP contribution is -2.40. The van der Waals surface area contributed by atoms with Gasteiger partial charge in [0, 0.05) is 38.2 Å². The molecule has 2 aromatic heterocycles. The van der Waals surface area contributed by atoms with Gasteiger partial charge in [0.05, 0.1) is 18.8 Å². The van der Waals surface area contributed by atoms with Crippen LogP contribution in [0.4, 0.5) is 4.79 Å². The van der Waals surface area contributed by atoms with E-state index in [1.807, 2.05) is 58.0 Å². The number of rotatable bonds is 9. The van der Waals surface area contributed by atoms with E-state index in [1.165, 1.54) is 0 Å². The van der Waals surface area contributed by atoms with Crippen LogP contribution in [0.3, 0.4) is 0 Å². The highest BCUT2D eigenvalue weighted by Gasteiger charge is 2.22. The van der Waals surface area contributed by atoms with Gasteiger partial charge in [0.15, 0.2) is 5.96 Å². The van der Waals surface area contributed by atoms with Crippen LogP contribution in [0.1, 0.15) is 45.4 Å². The molecule has 2 aromatic rings. The van der Waals surface area contributed by atoms with Crippen molar-refractivity contribution in [1.82, 2.24) is 25.5 Å². The number of nitrogens with one attached hydrogen (secondary N) is 2. The van der Waals surface area contributed by atoms with Crippen molar-refractivity contribution in [2.24, 2.45) is 4.99 Å². The number of pyridine rings is 2. The Morgan fingerprint density at radius 2 is 1.97 bits per heavy atom. The molecule has 9 heteroatoms. The molecule has 2 rings (SSSR count). The molecular weight excluding hydrogens is 519 g/mol. The average molecular weight is 554 g/mol. The van der Waals surface area contributed by atoms with Crippen LogP contribution in [0.25, 0.3) is 0 Å². The number of amides is 1. The smallest absolute Gasteiger partial charge is 0.410 e. The molecule has 2 heterocycles. The summed E-state index contributed by atoms with van der Waals surface area (Å²) in [6.45, 7) is 10.6. The highest BCUT2D eigenvalue weighted by Crippen LogP contribution is 2.12. The van der Waals surface area contributed by atoms with Crippen molar-refractivity contribution in [3.63, 3.8) is 0 Å². The molecule has 0 atom stereocenters. The highest BCUT2D eigenvalue weighted by molar-refractivity contribution is 14.0. The monoisotopic (exact) mass is 554 g/mol. The summed E-state index contributed by atoms with van der Waals surface area (Å²) in [5.41, 5.74) is 1.33. The summed E-state index contributed by atoms with van der Waals surface area (Å²) < 4.78 is 5.58. The van der Waals surface area contributed by atoms with E-state index in [0.717, 1.165) is 30.2 Å². The number of guanidine groups is 1. The van der Waals surface area contributed by atoms with E-state index >= 15 is 0 Å². The van der Waals surface area contributed by atoms with Crippen LogP contribution in [-0.2, 0) is 17.8 Å². The molecule has 0 bridgehead atoms. The van der Waals surface area contributed by atoms with Crippen LogP contribution in [0, 0.1) is 0 Å². The third-order valence-electron chi connectivity index (χ3n) is 4.11. The molecule has 0 radical (unpaired) electrons. The minimum absolute atomic E-state index is 0. The van der Waals surface area contributed by atoms with Gasteiger partial charge in [0.2, 0.25) is 0 Å². The van der Waals surface area contributed by atoms with E-state index in [0.29, 0.717) is 26.2 Å². The first kappa shape index (κ1) is 27.6. The quantitative estimate of drug-likeness (QED) is 0.211. The molecule has 0 saturated carbocycles. The van der Waals surface area contributed by atoms with Crippen molar-refractivity contribution < 1.29 is 9.53 Å². The van der Waals surface area contributed by atoms with Gasteiger partial charge in [-0.25, -0.2) is 9.79 Å². The van der Waals surface area contributed by atoms with Crippen molar-refractivity contribution in [3.8, 4) is 0 Å². The van der Waals surface area contributed by atoms with Gasteiger partial charge in [0.25, 0.3) is 0 Å². The average Bonchev–Trinajstić information content (AvgIpc) is 2.74. The summed E-state index contributed by atoms with van der Waals surface area (Å²) in [6.07, 6.45) is 5.67. The summed E-state index contributed by atoms with van der Waals surface area (Å²) >= 11 is 0. The van der Waals surface area contributed by atoms with Crippen molar-refractivity contribution in [2.45, 2.75) is 52.8 Å². The number of aliphatic imine (C=N–C) groups is 1. The molecule has 32 heavy (non-hydrogen) atoms. The second-order valence-corrected chi connectivity index (χ2v) is 8.06. The Morgan fingerprint density at radius 1 is 1.16 bits per heavy atom. The fraction of sp³-hybridized carbons (Fsp3) is 0.478. The summed E-state index contributed by atoms with van der Waals surface area (Å²) in [5.74, 6) is 0.726. The Kier molecular flexibility index (Phi) is 12.6. The van der Waals surface area contributed by atoms with Crippen LogP contribution in [0.15, 0.2) is 53.9 Å². The normalized spacial score (nSPS) is 11.3. The summed E-state index contributed by atoms with van der Waals surface area (Å²) in [6, 6.07) is 9.61. The van der Waals surface area contributed by atoms with Crippen molar-refractivity contribution in [2.75, 3.05) is 19.6 Å². The Balaban J connectivity index is 0.00000512. The fourth-order valence-electron chi connectivity index (χ4n) is 2.74. The van der Waals surface area contributed by atoms with Crippen molar-refractivity contribution in [1.29, 1.82) is 0 Å². The van der Waals surface area contributed by atoms with Crippen LogP contribution >= 0.6 is 24.0 Å². The predicted octanol–water partition coefficient (Wildman–Crippen LogP) is 3.98. The third-order valence-corrected chi connectivity index (χ3v) is 4.11. The zero-order valence-electron chi connectivity index (χ0n) is 19.4.